The minimum atomic E-state index is -4.93. The van der Waals surface area contributed by atoms with Gasteiger partial charge in [-0.05, 0) is 151 Å². The van der Waals surface area contributed by atoms with Gasteiger partial charge < -0.3 is 133 Å². The summed E-state index contributed by atoms with van der Waals surface area (Å²) in [6.45, 7) is 5.68. The van der Waals surface area contributed by atoms with Crippen molar-refractivity contribution in [2.45, 2.75) is 176 Å². The van der Waals surface area contributed by atoms with Gasteiger partial charge in [-0.3, -0.25) is 48.0 Å². The number of amides is 9. The van der Waals surface area contributed by atoms with Gasteiger partial charge in [0.15, 0.2) is 23.9 Å². The Morgan fingerprint density at radius 2 is 1.34 bits per heavy atom. The molecule has 2 saturated heterocycles. The number of anilines is 1. The van der Waals surface area contributed by atoms with Gasteiger partial charge in [0.25, 0.3) is 5.91 Å². The van der Waals surface area contributed by atoms with Crippen molar-refractivity contribution in [3.8, 4) is 62.9 Å². The van der Waals surface area contributed by atoms with Crippen LogP contribution in [0.3, 0.4) is 0 Å². The number of aromatic hydroxyl groups is 3. The van der Waals surface area contributed by atoms with Crippen LogP contribution in [0, 0.1) is 5.92 Å². The van der Waals surface area contributed by atoms with Gasteiger partial charge in [0.1, 0.15) is 101 Å². The van der Waals surface area contributed by atoms with Crippen molar-refractivity contribution in [3.05, 3.63) is 176 Å². The summed E-state index contributed by atoms with van der Waals surface area (Å²) < 4.78 is 81.9. The Bertz CT molecular complexity index is 5260. The maximum atomic E-state index is 16.3. The summed E-state index contributed by atoms with van der Waals surface area (Å²) in [4.78, 5) is 138. The lowest BCUT2D eigenvalue weighted by atomic mass is 9.84. The van der Waals surface area contributed by atoms with Crippen LogP contribution in [0.15, 0.2) is 127 Å². The number of rotatable bonds is 21. The highest BCUT2D eigenvalue weighted by molar-refractivity contribution is 6.32. The Hall–Kier alpha value is -11.7. The molecular formula is C83H90Cl2F3N11O26. The lowest BCUT2D eigenvalue weighted by Gasteiger charge is -2.48. The smallest absolute Gasteiger partial charge is 0.508 e. The zero-order valence-electron chi connectivity index (χ0n) is 67.2. The third-order valence-corrected chi connectivity index (χ3v) is 22.0. The van der Waals surface area contributed by atoms with Crippen LogP contribution in [0.4, 0.5) is 18.9 Å². The molecule has 0 spiro atoms. The average molecular weight is 1790 g/mol. The van der Waals surface area contributed by atoms with Gasteiger partial charge >= 0.3 is 6.36 Å². The molecule has 11 bridgehead atoms. The molecule has 14 rings (SSSR count). The Kier molecular flexibility index (Phi) is 28.7. The highest BCUT2D eigenvalue weighted by Gasteiger charge is 2.53. The monoisotopic (exact) mass is 1780 g/mol. The van der Waals surface area contributed by atoms with E-state index in [4.69, 9.17) is 62.2 Å². The number of aliphatic hydroxyl groups is 6. The quantitative estimate of drug-likeness (QED) is 0.0457. The normalized spacial score (nSPS) is 26.0. The summed E-state index contributed by atoms with van der Waals surface area (Å²) in [5, 5.41) is 129. The number of carbonyl (C=O) groups excluding carboxylic acids is 9. The van der Waals surface area contributed by atoms with Crippen LogP contribution in [0.25, 0.3) is 11.1 Å². The number of primary amides is 1. The minimum Gasteiger partial charge on any atom is -0.508 e. The molecule has 7 heterocycles. The van der Waals surface area contributed by atoms with Gasteiger partial charge in [0.2, 0.25) is 59.3 Å². The molecule has 0 aromatic heterocycles. The first kappa shape index (κ1) is 92.4. The molecular weight excluding hydrogens is 1690 g/mol. The molecule has 7 aromatic carbocycles. The van der Waals surface area contributed by atoms with Gasteiger partial charge in [-0.15, -0.1) is 13.2 Å². The number of nitrogens with one attached hydrogen (secondary N) is 10. The van der Waals surface area contributed by atoms with Crippen molar-refractivity contribution < 1.29 is 140 Å². The molecule has 7 aliphatic heterocycles. The van der Waals surface area contributed by atoms with Gasteiger partial charge in [0.05, 0.1) is 54.9 Å². The fourth-order valence-electron chi connectivity index (χ4n) is 15.1. The van der Waals surface area contributed by atoms with Gasteiger partial charge in [-0.2, -0.15) is 0 Å². The highest BCUT2D eigenvalue weighted by atomic mass is 35.5. The summed E-state index contributed by atoms with van der Waals surface area (Å²) in [6, 6.07) is 10.7. The molecule has 7 aliphatic rings. The first-order chi connectivity index (χ1) is 59.2. The van der Waals surface area contributed by atoms with Crippen molar-refractivity contribution in [2.75, 3.05) is 26.1 Å². The number of hydroxylamine groups is 1. The lowest BCUT2D eigenvalue weighted by molar-refractivity contribution is -0.334. The van der Waals surface area contributed by atoms with E-state index in [2.05, 4.69) is 58.1 Å². The van der Waals surface area contributed by atoms with Gasteiger partial charge in [-0.1, -0.05) is 79.5 Å². The van der Waals surface area contributed by atoms with Crippen LogP contribution in [-0.4, -0.2) is 205 Å². The van der Waals surface area contributed by atoms with E-state index < -0.39 is 260 Å². The number of phenolic OH excluding ortho intramolecular Hbond substituents is 3. The Morgan fingerprint density at radius 3 is 1.96 bits per heavy atom. The zero-order valence-corrected chi connectivity index (χ0v) is 68.7. The van der Waals surface area contributed by atoms with Crippen molar-refractivity contribution in [1.29, 1.82) is 0 Å². The maximum absolute atomic E-state index is 16.3. The number of fused-ring (bicyclic) bond motifs is 15. The number of aliphatic hydroxyl groups excluding tert-OH is 6. The molecule has 0 radical (unpaired) electrons. The second kappa shape index (κ2) is 38.8. The fourth-order valence-corrected chi connectivity index (χ4v) is 15.5. The first-order valence-electron chi connectivity index (χ1n) is 39.0. The standard InChI is InChI=1S/C83H90Cl2F3N11O26/c1-34(2)20-49(90-5)74(111)97-65-67(106)39-13-18-53(47(84)24-39)120-55-26-41-27-56(71(55)124-81-72(70(109)69(108)57(33-100)122-81)123-60-31-82(4,73(110)35(3)119-60)91-32-37-8-7-9-42(21-37)92-59(105)22-36-10-15-44(16-11-36)125-83(86,87)88)121-54-19-14-40(25-48(54)85)68(107)66-79(116)96-64(80(117)99-118-6)46-28-43(101)29-52(103)61(46)45-23-38(12-17-51(45)102)62(76(113)98-66)95-77(114)63(41)94-75(112)50(30-58(89)104)93-78(65)115/h7-19,21,23-29,34-35,49-50,57,60,62-70,72-73,81,90-91,100-103,106-110H,20,22,30-33H2,1-6H3,(H2,89,104)(H,92,105)(H,93,115)(H,94,112)(H,95,114)(H,96,116)(H,97,111)(H,98,113)(H,99,117)/t35?,49?,50?,57?,60?,62?,63?,64-,65?,66?,67?,68?,69?,70?,72?,73?,81?,82-/m1/s1. The number of nitrogens with two attached hydrogens (primary N) is 1. The first-order valence-corrected chi connectivity index (χ1v) is 39.7. The fraction of sp³-hybridized carbons (Fsp3) is 0.386. The lowest BCUT2D eigenvalue weighted by Crippen LogP contribution is -2.65. The molecule has 16 unspecified atom stereocenters. The van der Waals surface area contributed by atoms with Crippen molar-refractivity contribution >= 4 is 82.1 Å². The molecule has 0 saturated carbocycles. The predicted octanol–water partition coefficient (Wildman–Crippen LogP) is 3.61. The number of halogens is 5. The number of likely N-dealkylation sites (N-methyl/N-ethyl adjacent to an activating group) is 1. The van der Waals surface area contributed by atoms with E-state index >= 15 is 24.0 Å². The molecule has 21 N–H and O–H groups in total. The van der Waals surface area contributed by atoms with Crippen LogP contribution < -0.4 is 78.0 Å². The number of ether oxygens (including phenoxy) is 7. The van der Waals surface area contributed by atoms with Crippen molar-refractivity contribution in [1.82, 2.24) is 48.0 Å². The van der Waals surface area contributed by atoms with Crippen LogP contribution >= 0.6 is 23.2 Å². The molecule has 668 valence electrons. The molecule has 37 nitrogen and oxygen atoms in total. The van der Waals surface area contributed by atoms with E-state index in [1.807, 2.05) is 0 Å². The summed E-state index contributed by atoms with van der Waals surface area (Å²) in [5.41, 5.74) is 4.98. The second-order valence-electron chi connectivity index (χ2n) is 30.9. The number of hydrogen-bond acceptors (Lipinski definition) is 28. The molecule has 2 fully saturated rings. The number of carbonyl (C=O) groups is 9. The van der Waals surface area contributed by atoms with Crippen molar-refractivity contribution in [3.63, 3.8) is 0 Å². The van der Waals surface area contributed by atoms with E-state index in [9.17, 15) is 78.3 Å². The molecule has 7 aromatic rings. The summed E-state index contributed by atoms with van der Waals surface area (Å²) in [6.07, 6.45) is -24.7. The Balaban J connectivity index is 0.998. The third-order valence-electron chi connectivity index (χ3n) is 21.4. The minimum absolute atomic E-state index is 0.0121. The van der Waals surface area contributed by atoms with E-state index in [-0.39, 0.29) is 54.2 Å². The van der Waals surface area contributed by atoms with E-state index in [1.165, 1.54) is 38.2 Å². The zero-order chi connectivity index (χ0) is 90.5. The average Bonchev–Trinajstić information content (AvgIpc) is 0.769. The molecule has 9 amide bonds. The largest absolute Gasteiger partial charge is 0.573 e. The molecule has 125 heavy (non-hydrogen) atoms. The predicted molar refractivity (Wildman–Crippen MR) is 431 cm³/mol. The highest BCUT2D eigenvalue weighted by Crippen LogP contribution is 2.50. The SMILES string of the molecule is CNC(CC(C)C)C(=O)NC1C(=O)NC(CC(N)=O)C(=O)NC2C(=O)NC3C(=O)NC(C(=O)N[C@@H](C(=O)NOC)c4cc(O)cc(O)c4-c4cc3ccc4O)C(O)c3ccc(c(Cl)c3)Oc3cc2cc(c3OC2OC(CO)C(O)C(O)C2OC2C[C@@](C)(NCc3cccc(NC(=O)Cc4ccc(OC(F)(F)F)cc4)c3)C(O)C(C)O2)Oc2ccc(cc2Cl)C1O. The number of alkyl halides is 3. The van der Waals surface area contributed by atoms with Crippen LogP contribution in [-0.2, 0) is 75.2 Å². The van der Waals surface area contributed by atoms with E-state index in [0.717, 1.165) is 86.0 Å². The molecule has 18 atom stereocenters. The van der Waals surface area contributed by atoms with E-state index in [1.54, 1.807) is 45.0 Å². The Morgan fingerprint density at radius 1 is 0.696 bits per heavy atom. The number of benzene rings is 7. The second-order valence-corrected chi connectivity index (χ2v) is 31.7. The molecule has 0 aliphatic carbocycles. The van der Waals surface area contributed by atoms with Gasteiger partial charge in [0, 0.05) is 41.4 Å². The van der Waals surface area contributed by atoms with Crippen LogP contribution in [0.2, 0.25) is 10.0 Å². The number of hydrogen-bond donors (Lipinski definition) is 20. The summed E-state index contributed by atoms with van der Waals surface area (Å²) in [5.74, 6) is -16.6. The third kappa shape index (κ3) is 21.4. The topological polar surface area (TPSA) is 556 Å². The van der Waals surface area contributed by atoms with Crippen LogP contribution in [0.1, 0.15) is 116 Å². The van der Waals surface area contributed by atoms with E-state index in [0.29, 0.717) is 16.8 Å². The Labute approximate surface area is 719 Å². The molecule has 42 heteroatoms. The van der Waals surface area contributed by atoms with Crippen molar-refractivity contribution in [2.24, 2.45) is 11.7 Å². The summed E-state index contributed by atoms with van der Waals surface area (Å²) >= 11 is 14.3. The number of phenols is 3. The summed E-state index contributed by atoms with van der Waals surface area (Å²) in [7, 11) is 2.49. The van der Waals surface area contributed by atoms with Crippen LogP contribution in [0.5, 0.6) is 51.7 Å². The maximum Gasteiger partial charge on any atom is 0.573 e. The van der Waals surface area contributed by atoms with Gasteiger partial charge in [-0.25, -0.2) is 5.48 Å².